The van der Waals surface area contributed by atoms with E-state index in [9.17, 15) is 9.59 Å². The number of ether oxygens (including phenoxy) is 1. The quantitative estimate of drug-likeness (QED) is 0.237. The minimum absolute atomic E-state index is 0.120. The van der Waals surface area contributed by atoms with Gasteiger partial charge in [0.05, 0.1) is 19.4 Å². The van der Waals surface area contributed by atoms with Gasteiger partial charge in [-0.25, -0.2) is 0 Å². The van der Waals surface area contributed by atoms with E-state index < -0.39 is 17.9 Å². The molecule has 25 heavy (non-hydrogen) atoms. The molecule has 0 aliphatic carbocycles. The van der Waals surface area contributed by atoms with Crippen LogP contribution in [0, 0.1) is 5.92 Å². The molecule has 0 saturated carbocycles. The predicted molar refractivity (Wildman–Crippen MR) is 103 cm³/mol. The molecule has 0 aromatic carbocycles. The molecule has 1 atom stereocenters. The molecule has 1 N–H and O–H groups in total. The summed E-state index contributed by atoms with van der Waals surface area (Å²) in [6.07, 6.45) is 18.6. The highest BCUT2D eigenvalue weighted by Gasteiger charge is 2.21. The van der Waals surface area contributed by atoms with Gasteiger partial charge in [0.25, 0.3) is 0 Å². The lowest BCUT2D eigenvalue weighted by atomic mass is 9.97. The van der Waals surface area contributed by atoms with Crippen LogP contribution in [0.25, 0.3) is 0 Å². The third-order valence-electron chi connectivity index (χ3n) is 4.86. The van der Waals surface area contributed by atoms with Gasteiger partial charge >= 0.3 is 11.9 Å². The molecule has 0 aromatic rings. The zero-order valence-corrected chi connectivity index (χ0v) is 16.6. The molecule has 1 unspecified atom stereocenters. The zero-order chi connectivity index (χ0) is 18.8. The van der Waals surface area contributed by atoms with Crippen molar-refractivity contribution in [2.45, 2.75) is 110 Å². The fourth-order valence-electron chi connectivity index (χ4n) is 3.27. The minimum atomic E-state index is -0.930. The van der Waals surface area contributed by atoms with Crippen molar-refractivity contribution < 1.29 is 19.4 Å². The number of unbranched alkanes of at least 4 members (excludes halogenated alkanes) is 13. The smallest absolute Gasteiger partial charge is 0.309 e. The van der Waals surface area contributed by atoms with E-state index in [1.54, 1.807) is 0 Å². The Morgan fingerprint density at radius 2 is 1.16 bits per heavy atom. The Morgan fingerprint density at radius 1 is 0.760 bits per heavy atom. The lowest BCUT2D eigenvalue weighted by Gasteiger charge is -2.12. The van der Waals surface area contributed by atoms with Crippen LogP contribution in [0.15, 0.2) is 0 Å². The lowest BCUT2D eigenvalue weighted by Crippen LogP contribution is -2.19. The minimum Gasteiger partial charge on any atom is -0.481 e. The third kappa shape index (κ3) is 16.2. The van der Waals surface area contributed by atoms with Crippen molar-refractivity contribution in [1.82, 2.24) is 0 Å². The van der Waals surface area contributed by atoms with E-state index >= 15 is 0 Å². The van der Waals surface area contributed by atoms with Gasteiger partial charge in [0.1, 0.15) is 0 Å². The molecule has 0 radical (unpaired) electrons. The van der Waals surface area contributed by atoms with Crippen molar-refractivity contribution in [3.63, 3.8) is 0 Å². The van der Waals surface area contributed by atoms with Crippen LogP contribution >= 0.6 is 0 Å². The highest BCUT2D eigenvalue weighted by Crippen LogP contribution is 2.17. The third-order valence-corrected chi connectivity index (χ3v) is 4.86. The molecule has 0 aliphatic heterocycles. The van der Waals surface area contributed by atoms with Crippen LogP contribution in [0.2, 0.25) is 0 Å². The summed E-state index contributed by atoms with van der Waals surface area (Å²) >= 11 is 0. The van der Waals surface area contributed by atoms with E-state index in [0.29, 0.717) is 6.42 Å². The summed E-state index contributed by atoms with van der Waals surface area (Å²) in [6, 6.07) is 0. The number of carbonyl (C=O) groups is 2. The van der Waals surface area contributed by atoms with Crippen molar-refractivity contribution in [1.29, 1.82) is 0 Å². The predicted octanol–water partition coefficient (Wildman–Crippen LogP) is 6.12. The van der Waals surface area contributed by atoms with E-state index in [0.717, 1.165) is 12.8 Å². The Balaban J connectivity index is 3.39. The Kier molecular flexibility index (Phi) is 17.0. The number of carbonyl (C=O) groups excluding carboxylic acids is 1. The maximum Gasteiger partial charge on any atom is 0.309 e. The first kappa shape index (κ1) is 23.9. The molecule has 0 bridgehead atoms. The van der Waals surface area contributed by atoms with Crippen LogP contribution < -0.4 is 0 Å². The lowest BCUT2D eigenvalue weighted by molar-refractivity contribution is -0.151. The summed E-state index contributed by atoms with van der Waals surface area (Å²) in [4.78, 5) is 22.3. The normalized spacial score (nSPS) is 12.1. The van der Waals surface area contributed by atoms with Crippen molar-refractivity contribution in [3.8, 4) is 0 Å². The molecule has 0 spiro atoms. The van der Waals surface area contributed by atoms with Crippen LogP contribution in [0.3, 0.4) is 0 Å². The molecular formula is C21H40O4. The number of carboxylic acid groups (broad SMARTS) is 1. The molecule has 0 aliphatic rings. The van der Waals surface area contributed by atoms with E-state index in [2.05, 4.69) is 11.7 Å². The van der Waals surface area contributed by atoms with Gasteiger partial charge in [0.15, 0.2) is 0 Å². The van der Waals surface area contributed by atoms with Crippen LogP contribution in [0.1, 0.15) is 110 Å². The number of carboxylic acids is 1. The Hall–Kier alpha value is -1.06. The second-order valence-electron chi connectivity index (χ2n) is 7.20. The van der Waals surface area contributed by atoms with E-state index in [4.69, 9.17) is 5.11 Å². The van der Waals surface area contributed by atoms with Gasteiger partial charge in [-0.15, -0.1) is 0 Å². The fourth-order valence-corrected chi connectivity index (χ4v) is 3.27. The highest BCUT2D eigenvalue weighted by atomic mass is 16.5. The molecule has 0 saturated heterocycles. The molecule has 0 heterocycles. The molecule has 0 rings (SSSR count). The van der Waals surface area contributed by atoms with Crippen molar-refractivity contribution in [2.24, 2.45) is 5.92 Å². The van der Waals surface area contributed by atoms with Crippen molar-refractivity contribution >= 4 is 11.9 Å². The second kappa shape index (κ2) is 17.8. The van der Waals surface area contributed by atoms with Gasteiger partial charge in [-0.3, -0.25) is 9.59 Å². The number of esters is 1. The molecule has 4 heteroatoms. The average Bonchev–Trinajstić information content (AvgIpc) is 2.60. The van der Waals surface area contributed by atoms with Crippen molar-refractivity contribution in [2.75, 3.05) is 7.11 Å². The number of methoxy groups -OCH3 is 1. The second-order valence-corrected chi connectivity index (χ2v) is 7.20. The maximum absolute atomic E-state index is 11.5. The van der Waals surface area contributed by atoms with Gasteiger partial charge < -0.3 is 9.84 Å². The van der Waals surface area contributed by atoms with E-state index in [1.165, 1.54) is 84.2 Å². The van der Waals surface area contributed by atoms with Crippen LogP contribution in [0.5, 0.6) is 0 Å². The number of hydrogen-bond acceptors (Lipinski definition) is 3. The van der Waals surface area contributed by atoms with Crippen LogP contribution in [0.4, 0.5) is 0 Å². The van der Waals surface area contributed by atoms with Gasteiger partial charge in [-0.2, -0.15) is 0 Å². The van der Waals surface area contributed by atoms with E-state index in [1.807, 2.05) is 0 Å². The topological polar surface area (TPSA) is 63.6 Å². The number of aliphatic carboxylic acids is 1. The standard InChI is InChI=1S/C21H40O4/c1-3-4-5-6-7-8-9-10-11-12-13-14-15-16-17-19(18-20(22)23)21(24)25-2/h19H,3-18H2,1-2H3,(H,22,23). The highest BCUT2D eigenvalue weighted by molar-refractivity contribution is 5.78. The van der Waals surface area contributed by atoms with Crippen LogP contribution in [-0.2, 0) is 14.3 Å². The molecule has 4 nitrogen and oxygen atoms in total. The summed E-state index contributed by atoms with van der Waals surface area (Å²) in [7, 11) is 1.32. The van der Waals surface area contributed by atoms with Gasteiger partial charge in [0.2, 0.25) is 0 Å². The molecular weight excluding hydrogens is 316 g/mol. The Bertz CT molecular complexity index is 328. The Labute approximate surface area is 154 Å². The number of rotatable bonds is 18. The summed E-state index contributed by atoms with van der Waals surface area (Å²) in [6.45, 7) is 2.26. The average molecular weight is 357 g/mol. The van der Waals surface area contributed by atoms with Crippen molar-refractivity contribution in [3.05, 3.63) is 0 Å². The summed E-state index contributed by atoms with van der Waals surface area (Å²) in [5, 5.41) is 8.84. The van der Waals surface area contributed by atoms with E-state index in [-0.39, 0.29) is 6.42 Å². The van der Waals surface area contributed by atoms with Crippen LogP contribution in [-0.4, -0.2) is 24.2 Å². The first-order chi connectivity index (χ1) is 12.1. The first-order valence-corrected chi connectivity index (χ1v) is 10.4. The molecule has 148 valence electrons. The molecule has 0 amide bonds. The van der Waals surface area contributed by atoms with Gasteiger partial charge in [-0.05, 0) is 6.42 Å². The maximum atomic E-state index is 11.5. The summed E-state index contributed by atoms with van der Waals surface area (Å²) in [5.41, 5.74) is 0. The summed E-state index contributed by atoms with van der Waals surface area (Å²) in [5.74, 6) is -1.81. The van der Waals surface area contributed by atoms with Gasteiger partial charge in [0, 0.05) is 0 Å². The summed E-state index contributed by atoms with van der Waals surface area (Å²) < 4.78 is 4.68. The van der Waals surface area contributed by atoms with Gasteiger partial charge in [-0.1, -0.05) is 96.8 Å². The monoisotopic (exact) mass is 356 g/mol. The SMILES string of the molecule is CCCCCCCCCCCCCCCCC(CC(=O)O)C(=O)OC. The fraction of sp³-hybridized carbons (Fsp3) is 0.905. The first-order valence-electron chi connectivity index (χ1n) is 10.4. The molecule has 0 fully saturated rings. The number of hydrogen-bond donors (Lipinski definition) is 1. The zero-order valence-electron chi connectivity index (χ0n) is 16.6. The molecule has 0 aromatic heterocycles. The Morgan fingerprint density at radius 3 is 1.52 bits per heavy atom. The largest absolute Gasteiger partial charge is 0.481 e.